The molecule has 164 valence electrons. The molecule has 0 spiro atoms. The molecule has 1 aliphatic rings. The lowest BCUT2D eigenvalue weighted by Crippen LogP contribution is -2.52. The summed E-state index contributed by atoms with van der Waals surface area (Å²) in [6, 6.07) is 5.70. The molecular formula is C19H17F3N4O5. The second-order valence-corrected chi connectivity index (χ2v) is 6.73. The number of rotatable bonds is 7. The molecule has 1 saturated carbocycles. The number of non-ortho nitro benzene ring substituents is 1. The van der Waals surface area contributed by atoms with Gasteiger partial charge in [0.05, 0.1) is 22.5 Å². The van der Waals surface area contributed by atoms with Crippen LogP contribution in [0.5, 0.6) is 5.75 Å². The Morgan fingerprint density at radius 2 is 1.97 bits per heavy atom. The maximum absolute atomic E-state index is 13.1. The number of ether oxygens (including phenoxy) is 2. The average Bonchev–Trinajstić information content (AvgIpc) is 2.68. The smallest absolute Gasteiger partial charge is 0.431 e. The maximum atomic E-state index is 13.1. The first-order valence-corrected chi connectivity index (χ1v) is 9.03. The number of aromatic nitrogens is 1. The second kappa shape index (κ2) is 8.98. The molecule has 9 nitrogen and oxygen atoms in total. The summed E-state index contributed by atoms with van der Waals surface area (Å²) in [5.74, 6) is 0.0437. The van der Waals surface area contributed by atoms with Gasteiger partial charge in [-0.1, -0.05) is 0 Å². The Bertz CT molecular complexity index is 962. The number of nitrogens with zero attached hydrogens (tertiary/aromatic N) is 4. The van der Waals surface area contributed by atoms with E-state index in [1.54, 1.807) is 0 Å². The van der Waals surface area contributed by atoms with Gasteiger partial charge in [0.25, 0.3) is 5.69 Å². The summed E-state index contributed by atoms with van der Waals surface area (Å²) in [5.41, 5.74) is 0.282. The summed E-state index contributed by atoms with van der Waals surface area (Å²) in [6.07, 6.45) is -3.16. The van der Waals surface area contributed by atoms with Crippen LogP contribution in [-0.2, 0) is 4.74 Å². The topological polar surface area (TPSA) is 107 Å². The summed E-state index contributed by atoms with van der Waals surface area (Å²) in [4.78, 5) is 30.7. The Hall–Kier alpha value is -3.70. The van der Waals surface area contributed by atoms with Gasteiger partial charge in [0.15, 0.2) is 0 Å². The molecule has 0 unspecified atom stereocenters. The molecule has 0 amide bonds. The van der Waals surface area contributed by atoms with Gasteiger partial charge in [-0.2, -0.15) is 13.2 Å². The van der Waals surface area contributed by atoms with Gasteiger partial charge in [-0.15, -0.1) is 0 Å². The number of alkyl halides is 3. The molecule has 31 heavy (non-hydrogen) atoms. The van der Waals surface area contributed by atoms with Crippen molar-refractivity contribution in [1.29, 1.82) is 0 Å². The van der Waals surface area contributed by atoms with E-state index in [-0.39, 0.29) is 35.7 Å². The summed E-state index contributed by atoms with van der Waals surface area (Å²) in [5, 5.41) is 10.6. The van der Waals surface area contributed by atoms with E-state index in [9.17, 15) is 28.1 Å². The molecule has 0 radical (unpaired) electrons. The standard InChI is InChI=1S/C19H17F3N4O5/c1-23-16-6-7-24-10-17(16)25(11-19(20,21)22)13-8-15(9-13)31-18(27)30-14-4-2-12(3-5-14)26(28)29/h2-7,10,13,15H,1,8-9,11H2. The van der Waals surface area contributed by atoms with Crippen molar-refractivity contribution >= 4 is 29.9 Å². The van der Waals surface area contributed by atoms with Crippen molar-refractivity contribution < 1.29 is 32.4 Å². The molecule has 0 aliphatic heterocycles. The predicted octanol–water partition coefficient (Wildman–Crippen LogP) is 4.44. The summed E-state index contributed by atoms with van der Waals surface area (Å²) < 4.78 is 49.4. The van der Waals surface area contributed by atoms with Gasteiger partial charge in [0.1, 0.15) is 18.4 Å². The maximum Gasteiger partial charge on any atom is 0.514 e. The zero-order chi connectivity index (χ0) is 22.6. The van der Waals surface area contributed by atoms with Crippen LogP contribution in [0.3, 0.4) is 0 Å². The van der Waals surface area contributed by atoms with Crippen molar-refractivity contribution in [2.24, 2.45) is 4.99 Å². The Labute approximate surface area is 174 Å². The Kier molecular flexibility index (Phi) is 6.37. The van der Waals surface area contributed by atoms with Crippen LogP contribution >= 0.6 is 0 Å². The number of carbonyl (C=O) groups excluding carboxylic acids is 1. The lowest BCUT2D eigenvalue weighted by Gasteiger charge is -2.43. The largest absolute Gasteiger partial charge is 0.514 e. The Balaban J connectivity index is 1.60. The Morgan fingerprint density at radius 1 is 1.29 bits per heavy atom. The number of pyridine rings is 1. The number of anilines is 1. The van der Waals surface area contributed by atoms with Crippen LogP contribution in [0, 0.1) is 10.1 Å². The first-order valence-electron chi connectivity index (χ1n) is 9.03. The van der Waals surface area contributed by atoms with Crippen molar-refractivity contribution in [2.45, 2.75) is 31.2 Å². The second-order valence-electron chi connectivity index (χ2n) is 6.73. The van der Waals surface area contributed by atoms with Crippen LogP contribution in [-0.4, -0.2) is 47.6 Å². The van der Waals surface area contributed by atoms with E-state index in [0.29, 0.717) is 0 Å². The number of carbonyl (C=O) groups is 1. The zero-order valence-electron chi connectivity index (χ0n) is 16.0. The highest BCUT2D eigenvalue weighted by Gasteiger charge is 2.42. The van der Waals surface area contributed by atoms with E-state index < -0.39 is 35.9 Å². The number of hydrogen-bond acceptors (Lipinski definition) is 8. The van der Waals surface area contributed by atoms with Crippen LogP contribution in [0.4, 0.5) is 35.0 Å². The van der Waals surface area contributed by atoms with E-state index in [4.69, 9.17) is 9.47 Å². The number of halogens is 3. The minimum atomic E-state index is -4.46. The van der Waals surface area contributed by atoms with Gasteiger partial charge in [-0.3, -0.25) is 20.1 Å². The van der Waals surface area contributed by atoms with Gasteiger partial charge < -0.3 is 14.4 Å². The molecule has 1 heterocycles. The summed E-state index contributed by atoms with van der Waals surface area (Å²) >= 11 is 0. The molecule has 1 aromatic carbocycles. The highest BCUT2D eigenvalue weighted by molar-refractivity contribution is 5.68. The van der Waals surface area contributed by atoms with Crippen LogP contribution < -0.4 is 9.64 Å². The van der Waals surface area contributed by atoms with E-state index in [0.717, 1.165) is 17.0 Å². The van der Waals surface area contributed by atoms with Crippen LogP contribution in [0.1, 0.15) is 12.8 Å². The van der Waals surface area contributed by atoms with Crippen LogP contribution in [0.25, 0.3) is 0 Å². The normalized spacial score (nSPS) is 17.9. The SMILES string of the molecule is C=Nc1ccncc1N(CC(F)(F)F)C1CC(OC(=O)Oc2ccc([N+](=O)[O-])cc2)C1. The van der Waals surface area contributed by atoms with Crippen molar-refractivity contribution in [3.63, 3.8) is 0 Å². The third-order valence-corrected chi connectivity index (χ3v) is 4.63. The van der Waals surface area contributed by atoms with E-state index in [2.05, 4.69) is 16.7 Å². The van der Waals surface area contributed by atoms with E-state index in [1.165, 1.54) is 30.6 Å². The fourth-order valence-electron chi connectivity index (χ4n) is 3.12. The zero-order valence-corrected chi connectivity index (χ0v) is 16.0. The fourth-order valence-corrected chi connectivity index (χ4v) is 3.12. The molecule has 0 atom stereocenters. The molecule has 0 bridgehead atoms. The lowest BCUT2D eigenvalue weighted by atomic mass is 9.87. The third-order valence-electron chi connectivity index (χ3n) is 4.63. The van der Waals surface area contributed by atoms with Gasteiger partial charge in [-0.25, -0.2) is 4.79 Å². The van der Waals surface area contributed by atoms with Gasteiger partial charge in [0.2, 0.25) is 0 Å². The van der Waals surface area contributed by atoms with Crippen molar-refractivity contribution in [2.75, 3.05) is 11.4 Å². The molecule has 1 fully saturated rings. The molecule has 1 aromatic heterocycles. The van der Waals surface area contributed by atoms with Crippen molar-refractivity contribution in [3.05, 3.63) is 52.8 Å². The first-order chi connectivity index (χ1) is 14.7. The van der Waals surface area contributed by atoms with Gasteiger partial charge in [0, 0.05) is 37.2 Å². The third kappa shape index (κ3) is 5.68. The monoisotopic (exact) mass is 438 g/mol. The predicted molar refractivity (Wildman–Crippen MR) is 104 cm³/mol. The van der Waals surface area contributed by atoms with Crippen molar-refractivity contribution in [3.8, 4) is 5.75 Å². The number of nitro benzene ring substituents is 1. The number of nitro groups is 1. The minimum Gasteiger partial charge on any atom is -0.431 e. The molecule has 0 N–H and O–H groups in total. The van der Waals surface area contributed by atoms with Crippen LogP contribution in [0.2, 0.25) is 0 Å². The highest BCUT2D eigenvalue weighted by Crippen LogP contribution is 2.38. The molecule has 0 saturated heterocycles. The van der Waals surface area contributed by atoms with Gasteiger partial charge in [-0.05, 0) is 24.9 Å². The Morgan fingerprint density at radius 3 is 2.55 bits per heavy atom. The average molecular weight is 438 g/mol. The number of aliphatic imine (C=N–C) groups is 1. The molecular weight excluding hydrogens is 421 g/mol. The molecule has 2 aromatic rings. The summed E-state index contributed by atoms with van der Waals surface area (Å²) in [6.45, 7) is 2.16. The van der Waals surface area contributed by atoms with Crippen molar-refractivity contribution in [1.82, 2.24) is 4.98 Å². The van der Waals surface area contributed by atoms with Crippen LogP contribution in [0.15, 0.2) is 47.7 Å². The number of benzene rings is 1. The minimum absolute atomic E-state index is 0.0437. The number of hydrogen-bond donors (Lipinski definition) is 0. The molecule has 3 rings (SSSR count). The highest BCUT2D eigenvalue weighted by atomic mass is 19.4. The fraction of sp³-hybridized carbons (Fsp3) is 0.316. The molecule has 1 aliphatic carbocycles. The summed E-state index contributed by atoms with van der Waals surface area (Å²) in [7, 11) is 0. The first kappa shape index (κ1) is 22.0. The van der Waals surface area contributed by atoms with Gasteiger partial charge >= 0.3 is 12.3 Å². The van der Waals surface area contributed by atoms with E-state index in [1.807, 2.05) is 0 Å². The lowest BCUT2D eigenvalue weighted by molar-refractivity contribution is -0.384. The molecule has 12 heteroatoms. The van der Waals surface area contributed by atoms with E-state index >= 15 is 0 Å². The quantitative estimate of drug-likeness (QED) is 0.207.